The minimum Gasteiger partial charge on any atom is -0.462 e. The topological polar surface area (TPSA) is 65.0 Å². The highest BCUT2D eigenvalue weighted by Gasteiger charge is 2.43. The zero-order valence-corrected chi connectivity index (χ0v) is 26.5. The number of fused-ring (bicyclic) bond motifs is 2. The van der Waals surface area contributed by atoms with Gasteiger partial charge in [-0.2, -0.15) is 0 Å². The molecule has 2 aliphatic rings. The number of hydrogen-bond acceptors (Lipinski definition) is 5. The van der Waals surface area contributed by atoms with Crippen LogP contribution in [0.5, 0.6) is 0 Å². The molecular formula is C31H58O5Si. The lowest BCUT2D eigenvalue weighted by molar-refractivity contribution is -0.154. The Kier molecular flexibility index (Phi) is 12.4. The maximum absolute atomic E-state index is 12.9. The maximum Gasteiger partial charge on any atom is 0.308 e. The average Bonchev–Trinajstić information content (AvgIpc) is 3.11. The molecular weight excluding hydrogens is 480 g/mol. The lowest BCUT2D eigenvalue weighted by Crippen LogP contribution is -2.50. The van der Waals surface area contributed by atoms with Gasteiger partial charge in [0.2, 0.25) is 0 Å². The fraction of sp³-hybridized carbons (Fsp3) is 0.903. The SMILES string of the molecule is C=C1C[C@@H](CCC)OC(=O)[C@@H](C)CCCC[C@@H]2O[C@@H](C[C@@H](O)[C@H](O[Si](C)(C)C(C)(C)C)[C@H](C)C1)C[C@@H]2C. The molecule has 0 radical (unpaired) electrons. The van der Waals surface area contributed by atoms with Crippen LogP contribution in [0, 0.1) is 17.8 Å². The highest BCUT2D eigenvalue weighted by molar-refractivity contribution is 6.74. The van der Waals surface area contributed by atoms with E-state index in [2.05, 4.69) is 61.2 Å². The Bertz CT molecular complexity index is 730. The van der Waals surface area contributed by atoms with Gasteiger partial charge in [0.05, 0.1) is 30.3 Å². The predicted octanol–water partition coefficient (Wildman–Crippen LogP) is 7.82. The van der Waals surface area contributed by atoms with Gasteiger partial charge in [-0.1, -0.05) is 79.9 Å². The van der Waals surface area contributed by atoms with Gasteiger partial charge in [-0.25, -0.2) is 0 Å². The van der Waals surface area contributed by atoms with Gasteiger partial charge in [0, 0.05) is 12.8 Å². The Balaban J connectivity index is 2.28. The van der Waals surface area contributed by atoms with Crippen LogP contribution in [0.15, 0.2) is 12.2 Å². The molecule has 2 fully saturated rings. The molecule has 0 saturated carbocycles. The van der Waals surface area contributed by atoms with Crippen LogP contribution in [0.2, 0.25) is 18.1 Å². The van der Waals surface area contributed by atoms with Crippen molar-refractivity contribution in [1.82, 2.24) is 0 Å². The third-order valence-corrected chi connectivity index (χ3v) is 13.6. The van der Waals surface area contributed by atoms with Gasteiger partial charge in [-0.05, 0) is 62.1 Å². The summed E-state index contributed by atoms with van der Waals surface area (Å²) in [5, 5.41) is 11.6. The van der Waals surface area contributed by atoms with E-state index in [-0.39, 0.29) is 47.3 Å². The van der Waals surface area contributed by atoms with E-state index in [1.54, 1.807) is 0 Å². The van der Waals surface area contributed by atoms with Gasteiger partial charge in [0.1, 0.15) is 6.10 Å². The van der Waals surface area contributed by atoms with Crippen molar-refractivity contribution in [1.29, 1.82) is 0 Å². The van der Waals surface area contributed by atoms with Crippen LogP contribution in [-0.2, 0) is 18.7 Å². The number of carbonyl (C=O) groups is 1. The molecule has 1 N–H and O–H groups in total. The summed E-state index contributed by atoms with van der Waals surface area (Å²) >= 11 is 0. The first kappa shape index (κ1) is 32.5. The van der Waals surface area contributed by atoms with Gasteiger partial charge in [-0.15, -0.1) is 0 Å². The second kappa shape index (κ2) is 14.1. The fourth-order valence-electron chi connectivity index (χ4n) is 5.70. The molecule has 2 heterocycles. The molecule has 2 aliphatic heterocycles. The lowest BCUT2D eigenvalue weighted by atomic mass is 9.88. The Hall–Kier alpha value is -0.693. The van der Waals surface area contributed by atoms with Crippen LogP contribution in [0.4, 0.5) is 0 Å². The quantitative estimate of drug-likeness (QED) is 0.225. The van der Waals surface area contributed by atoms with E-state index in [0.717, 1.165) is 56.9 Å². The largest absolute Gasteiger partial charge is 0.462 e. The summed E-state index contributed by atoms with van der Waals surface area (Å²) in [4.78, 5) is 12.9. The first-order chi connectivity index (χ1) is 17.1. The molecule has 2 saturated heterocycles. The van der Waals surface area contributed by atoms with Gasteiger partial charge in [0.15, 0.2) is 8.32 Å². The first-order valence-corrected chi connectivity index (χ1v) is 17.9. The number of aliphatic hydroxyl groups excluding tert-OH is 1. The van der Waals surface area contributed by atoms with Crippen LogP contribution < -0.4 is 0 Å². The van der Waals surface area contributed by atoms with Gasteiger partial charge < -0.3 is 19.0 Å². The van der Waals surface area contributed by atoms with Gasteiger partial charge in [0.25, 0.3) is 0 Å². The fourth-order valence-corrected chi connectivity index (χ4v) is 7.12. The van der Waals surface area contributed by atoms with Crippen molar-refractivity contribution in [3.8, 4) is 0 Å². The third-order valence-electron chi connectivity index (χ3n) is 9.12. The maximum atomic E-state index is 12.9. The average molecular weight is 539 g/mol. The minimum atomic E-state index is -2.11. The van der Waals surface area contributed by atoms with Crippen molar-refractivity contribution in [3.05, 3.63) is 12.2 Å². The summed E-state index contributed by atoms with van der Waals surface area (Å²) in [7, 11) is -2.11. The van der Waals surface area contributed by atoms with Crippen LogP contribution in [0.25, 0.3) is 0 Å². The van der Waals surface area contributed by atoms with E-state index in [0.29, 0.717) is 18.8 Å². The van der Waals surface area contributed by atoms with Crippen molar-refractivity contribution in [3.63, 3.8) is 0 Å². The molecule has 0 aliphatic carbocycles. The smallest absolute Gasteiger partial charge is 0.308 e. The number of cyclic esters (lactones) is 1. The Morgan fingerprint density at radius 1 is 1.05 bits per heavy atom. The molecule has 216 valence electrons. The van der Waals surface area contributed by atoms with Crippen LogP contribution >= 0.6 is 0 Å². The summed E-state index contributed by atoms with van der Waals surface area (Å²) in [6.45, 7) is 24.2. The molecule has 0 aromatic rings. The molecule has 0 unspecified atom stereocenters. The van der Waals surface area contributed by atoms with E-state index in [4.69, 9.17) is 13.9 Å². The van der Waals surface area contributed by atoms with E-state index in [9.17, 15) is 9.90 Å². The number of carbonyl (C=O) groups excluding carboxylic acids is 1. The molecule has 0 aromatic carbocycles. The van der Waals surface area contributed by atoms with Crippen molar-refractivity contribution in [2.45, 2.75) is 161 Å². The van der Waals surface area contributed by atoms with Crippen molar-refractivity contribution in [2.24, 2.45) is 17.8 Å². The van der Waals surface area contributed by atoms with E-state index < -0.39 is 14.4 Å². The molecule has 2 bridgehead atoms. The summed E-state index contributed by atoms with van der Waals surface area (Å²) in [6, 6.07) is 0. The zero-order valence-electron chi connectivity index (χ0n) is 25.5. The molecule has 8 atom stereocenters. The molecule has 0 aromatic heterocycles. The predicted molar refractivity (Wildman–Crippen MR) is 155 cm³/mol. The van der Waals surface area contributed by atoms with Crippen molar-refractivity contribution < 1.29 is 23.8 Å². The molecule has 5 nitrogen and oxygen atoms in total. The third kappa shape index (κ3) is 9.77. The molecule has 0 amide bonds. The summed E-state index contributed by atoms with van der Waals surface area (Å²) in [5.74, 6) is 0.411. The first-order valence-electron chi connectivity index (χ1n) is 15.0. The Morgan fingerprint density at radius 2 is 1.70 bits per heavy atom. The standard InChI is InChI=1S/C31H58O5Si/c1-11-14-25-18-21(2)17-24(5)29(36-37(9,10)31(6,7)8)27(32)20-26-19-23(4)28(34-26)16-13-12-15-22(3)30(33)35-25/h22-29,32H,2,11-20H2,1,3-10H3/t22-,23-,24+,25+,26+,27+,28-,29+/m0/s1. The van der Waals surface area contributed by atoms with E-state index in [1.165, 1.54) is 0 Å². The molecule has 6 heteroatoms. The molecule has 37 heavy (non-hydrogen) atoms. The monoisotopic (exact) mass is 538 g/mol. The Labute approximate surface area is 229 Å². The van der Waals surface area contributed by atoms with Crippen LogP contribution in [0.3, 0.4) is 0 Å². The molecule has 2 rings (SSSR count). The highest BCUT2D eigenvalue weighted by Crippen LogP contribution is 2.40. The second-order valence-electron chi connectivity index (χ2n) is 13.8. The Morgan fingerprint density at radius 3 is 2.32 bits per heavy atom. The second-order valence-corrected chi connectivity index (χ2v) is 18.6. The number of esters is 1. The lowest BCUT2D eigenvalue weighted by Gasteiger charge is -2.43. The van der Waals surface area contributed by atoms with Crippen molar-refractivity contribution in [2.75, 3.05) is 0 Å². The number of rotatable bonds is 4. The number of hydrogen-bond donors (Lipinski definition) is 1. The zero-order chi connectivity index (χ0) is 28.0. The number of ether oxygens (including phenoxy) is 2. The summed E-state index contributed by atoms with van der Waals surface area (Å²) < 4.78 is 19.4. The number of aliphatic hydroxyl groups is 1. The summed E-state index contributed by atoms with van der Waals surface area (Å²) in [5.41, 5.74) is 1.06. The minimum absolute atomic E-state index is 0.0516. The van der Waals surface area contributed by atoms with E-state index >= 15 is 0 Å². The van der Waals surface area contributed by atoms with Crippen molar-refractivity contribution >= 4 is 14.3 Å². The van der Waals surface area contributed by atoms with E-state index in [1.807, 2.05) is 6.92 Å². The van der Waals surface area contributed by atoms with Gasteiger partial charge in [-0.3, -0.25) is 4.79 Å². The normalized spacial score (nSPS) is 36.1. The molecule has 0 spiro atoms. The highest BCUT2D eigenvalue weighted by atomic mass is 28.4. The van der Waals surface area contributed by atoms with Gasteiger partial charge >= 0.3 is 5.97 Å². The van der Waals surface area contributed by atoms with Crippen LogP contribution in [0.1, 0.15) is 113 Å². The summed E-state index contributed by atoms with van der Waals surface area (Å²) in [6.07, 6.45) is 8.03. The van der Waals surface area contributed by atoms with Crippen LogP contribution in [-0.4, -0.2) is 49.9 Å².